The van der Waals surface area contributed by atoms with Crippen LogP contribution in [0.1, 0.15) is 46.7 Å². The predicted octanol–water partition coefficient (Wildman–Crippen LogP) is 5.34. The van der Waals surface area contributed by atoms with E-state index in [0.29, 0.717) is 35.3 Å². The average Bonchev–Trinajstić information content (AvgIpc) is 3.28. The molecule has 2 atom stereocenters. The van der Waals surface area contributed by atoms with E-state index < -0.39 is 36.5 Å². The van der Waals surface area contributed by atoms with Gasteiger partial charge in [-0.15, -0.1) is 11.3 Å². The normalized spacial score (nSPS) is 21.7. The topological polar surface area (TPSA) is 60.4 Å². The lowest BCUT2D eigenvalue weighted by Crippen LogP contribution is -2.46. The van der Waals surface area contributed by atoms with Crippen molar-refractivity contribution >= 4 is 22.6 Å². The molecular weight excluding hydrogens is 406 g/mol. The first-order valence-electron chi connectivity index (χ1n) is 9.29. The predicted molar refractivity (Wildman–Crippen MR) is 103 cm³/mol. The second-order valence-corrected chi connectivity index (χ2v) is 8.41. The highest BCUT2D eigenvalue weighted by molar-refractivity contribution is 7.14. The molecule has 1 saturated carbocycles. The zero-order valence-corrected chi connectivity index (χ0v) is 16.1. The van der Waals surface area contributed by atoms with Crippen molar-refractivity contribution in [3.8, 4) is 11.1 Å². The summed E-state index contributed by atoms with van der Waals surface area (Å²) in [5, 5.41) is 4.15. The third kappa shape index (κ3) is 3.69. The van der Waals surface area contributed by atoms with Gasteiger partial charge in [0.2, 0.25) is 0 Å². The minimum Gasteiger partial charge on any atom is -0.327 e. The molecule has 0 saturated heterocycles. The summed E-state index contributed by atoms with van der Waals surface area (Å²) in [7, 11) is 0. The summed E-state index contributed by atoms with van der Waals surface area (Å²) in [5.41, 5.74) is 7.13. The Balaban J connectivity index is 1.69. The maximum Gasteiger partial charge on any atom is 0.273 e. The van der Waals surface area contributed by atoms with Gasteiger partial charge in [-0.1, -0.05) is 6.07 Å². The number of Topliss-reactive ketones (excluding diaryl/α,β-unsaturated/α-hetero) is 1. The molecule has 0 spiro atoms. The molecule has 1 aliphatic rings. The molecule has 0 unspecified atom stereocenters. The highest BCUT2D eigenvalue weighted by Gasteiger charge is 2.46. The van der Waals surface area contributed by atoms with Crippen LogP contribution in [0.3, 0.4) is 0 Å². The molecule has 1 fully saturated rings. The molecule has 4 rings (SSSR count). The summed E-state index contributed by atoms with van der Waals surface area (Å²) in [4.78, 5) is 12.5. The van der Waals surface area contributed by atoms with E-state index in [1.165, 1.54) is 12.3 Å². The van der Waals surface area contributed by atoms with Crippen LogP contribution in [-0.2, 0) is 0 Å². The van der Waals surface area contributed by atoms with Gasteiger partial charge in [0.25, 0.3) is 12.3 Å². The van der Waals surface area contributed by atoms with Crippen LogP contribution in [0.25, 0.3) is 16.6 Å². The maximum atomic E-state index is 14.2. The number of carbonyl (C=O) groups excluding carboxylic acids is 1. The van der Waals surface area contributed by atoms with E-state index in [1.54, 1.807) is 28.9 Å². The fraction of sp³-hybridized carbons (Fsp3) is 0.400. The van der Waals surface area contributed by atoms with E-state index in [0.717, 1.165) is 0 Å². The molecule has 0 aromatic carbocycles. The number of thiophene rings is 1. The summed E-state index contributed by atoms with van der Waals surface area (Å²) >= 11 is 0.650. The van der Waals surface area contributed by atoms with Gasteiger partial charge in [0.05, 0.1) is 21.5 Å². The number of rotatable bonds is 5. The van der Waals surface area contributed by atoms with Crippen LogP contribution < -0.4 is 5.73 Å². The number of fused-ring (bicyclic) bond motifs is 1. The number of hydrogen-bond donors (Lipinski definition) is 1. The van der Waals surface area contributed by atoms with Crippen LogP contribution in [-0.4, -0.2) is 27.4 Å². The van der Waals surface area contributed by atoms with Crippen molar-refractivity contribution in [3.63, 3.8) is 0 Å². The Labute approximate surface area is 168 Å². The van der Waals surface area contributed by atoms with Gasteiger partial charge in [0, 0.05) is 42.1 Å². The van der Waals surface area contributed by atoms with E-state index in [-0.39, 0.29) is 21.7 Å². The highest BCUT2D eigenvalue weighted by Crippen LogP contribution is 2.43. The van der Waals surface area contributed by atoms with Gasteiger partial charge in [-0.3, -0.25) is 4.79 Å². The molecule has 0 aliphatic heterocycles. The second kappa shape index (κ2) is 7.53. The summed E-state index contributed by atoms with van der Waals surface area (Å²) in [6.07, 6.45) is 0.327. The minimum atomic E-state index is -3.03. The molecule has 3 aromatic rings. The number of carbonyl (C=O) groups is 1. The van der Waals surface area contributed by atoms with E-state index >= 15 is 0 Å². The lowest BCUT2D eigenvalue weighted by Gasteiger charge is -2.35. The molecule has 4 nitrogen and oxygen atoms in total. The molecule has 0 radical (unpaired) electrons. The number of nitrogens with zero attached hydrogens (tertiary/aromatic N) is 2. The largest absolute Gasteiger partial charge is 0.327 e. The second-order valence-electron chi connectivity index (χ2n) is 7.33. The zero-order valence-electron chi connectivity index (χ0n) is 15.3. The van der Waals surface area contributed by atoms with Crippen molar-refractivity contribution in [1.29, 1.82) is 0 Å². The van der Waals surface area contributed by atoms with Crippen LogP contribution in [0.2, 0.25) is 0 Å². The van der Waals surface area contributed by atoms with Crippen LogP contribution in [0.15, 0.2) is 36.7 Å². The fourth-order valence-electron chi connectivity index (χ4n) is 3.93. The van der Waals surface area contributed by atoms with Gasteiger partial charge < -0.3 is 5.73 Å². The standard InChI is InChI=1S/C20H19F4N3OS/c21-19(22)18-11(12-10-26-27-7-2-1-5-15(12)27)8-17(29-18)16(28)9-13-14(25)4-3-6-20(13,23)24/h1-2,5,7-8,10,13-14,19H,3-4,6,9,25H2/t13-,14+/m1/s1. The fourth-order valence-corrected chi connectivity index (χ4v) is 4.91. The SMILES string of the molecule is N[C@H]1CCCC(F)(F)[C@@H]1CC(=O)c1cc(-c2cnn3ccccc23)c(C(F)F)s1. The van der Waals surface area contributed by atoms with Gasteiger partial charge in [-0.25, -0.2) is 22.1 Å². The number of pyridine rings is 1. The molecule has 154 valence electrons. The van der Waals surface area contributed by atoms with Gasteiger partial charge in [0.1, 0.15) is 0 Å². The van der Waals surface area contributed by atoms with Crippen LogP contribution in [0, 0.1) is 5.92 Å². The molecule has 1 aliphatic carbocycles. The van der Waals surface area contributed by atoms with Crippen molar-refractivity contribution < 1.29 is 22.4 Å². The quantitative estimate of drug-likeness (QED) is 0.444. The lowest BCUT2D eigenvalue weighted by atomic mass is 9.78. The van der Waals surface area contributed by atoms with Crippen LogP contribution >= 0.6 is 11.3 Å². The van der Waals surface area contributed by atoms with Crippen molar-refractivity contribution in [2.75, 3.05) is 0 Å². The molecule has 0 amide bonds. The van der Waals surface area contributed by atoms with Gasteiger partial charge in [-0.2, -0.15) is 5.10 Å². The van der Waals surface area contributed by atoms with E-state index in [4.69, 9.17) is 5.73 Å². The number of halogens is 4. The first-order valence-corrected chi connectivity index (χ1v) is 10.1. The minimum absolute atomic E-state index is 0.0409. The van der Waals surface area contributed by atoms with Crippen LogP contribution in [0.4, 0.5) is 17.6 Å². The first kappa shape index (κ1) is 20.0. The summed E-state index contributed by atoms with van der Waals surface area (Å²) in [6.45, 7) is 0. The molecular formula is C20H19F4N3OS. The van der Waals surface area contributed by atoms with Crippen molar-refractivity contribution in [3.05, 3.63) is 46.4 Å². The number of hydrogen-bond acceptors (Lipinski definition) is 4. The van der Waals surface area contributed by atoms with Crippen molar-refractivity contribution in [1.82, 2.24) is 9.61 Å². The Hall–Kier alpha value is -2.26. The molecule has 3 heterocycles. The Bertz CT molecular complexity index is 1050. The Morgan fingerprint density at radius 1 is 1.34 bits per heavy atom. The smallest absolute Gasteiger partial charge is 0.273 e. The Morgan fingerprint density at radius 3 is 2.86 bits per heavy atom. The van der Waals surface area contributed by atoms with Gasteiger partial charge in [0.15, 0.2) is 5.78 Å². The number of ketones is 1. The highest BCUT2D eigenvalue weighted by atomic mass is 32.1. The Kier molecular flexibility index (Phi) is 5.20. The third-order valence-electron chi connectivity index (χ3n) is 5.46. The van der Waals surface area contributed by atoms with E-state index in [9.17, 15) is 22.4 Å². The maximum absolute atomic E-state index is 14.2. The van der Waals surface area contributed by atoms with E-state index in [2.05, 4.69) is 5.10 Å². The summed E-state index contributed by atoms with van der Waals surface area (Å²) in [5.74, 6) is -4.88. The molecule has 2 N–H and O–H groups in total. The summed E-state index contributed by atoms with van der Waals surface area (Å²) in [6, 6.07) is 5.83. The molecule has 9 heteroatoms. The van der Waals surface area contributed by atoms with E-state index in [1.807, 2.05) is 0 Å². The lowest BCUT2D eigenvalue weighted by molar-refractivity contribution is -0.0922. The molecule has 0 bridgehead atoms. The first-order chi connectivity index (χ1) is 13.8. The zero-order chi connectivity index (χ0) is 20.8. The number of aromatic nitrogens is 2. The average molecular weight is 425 g/mol. The number of nitrogens with two attached hydrogens (primary N) is 1. The van der Waals surface area contributed by atoms with Gasteiger partial charge in [-0.05, 0) is 31.0 Å². The number of alkyl halides is 4. The van der Waals surface area contributed by atoms with Crippen molar-refractivity contribution in [2.45, 2.75) is 44.1 Å². The van der Waals surface area contributed by atoms with Crippen LogP contribution in [0.5, 0.6) is 0 Å². The molecule has 3 aromatic heterocycles. The third-order valence-corrected chi connectivity index (χ3v) is 6.65. The monoisotopic (exact) mass is 425 g/mol. The van der Waals surface area contributed by atoms with Gasteiger partial charge >= 0.3 is 0 Å². The summed E-state index contributed by atoms with van der Waals surface area (Å²) < 4.78 is 57.4. The van der Waals surface area contributed by atoms with Crippen molar-refractivity contribution in [2.24, 2.45) is 11.7 Å². The molecule has 29 heavy (non-hydrogen) atoms. The Morgan fingerprint density at radius 2 is 2.14 bits per heavy atom.